The molecule has 0 aliphatic carbocycles. The van der Waals surface area contributed by atoms with Gasteiger partial charge in [0.2, 0.25) is 5.90 Å². The third kappa shape index (κ3) is 2.23. The molecule has 0 saturated heterocycles. The number of aryl methyl sites for hydroxylation is 1. The van der Waals surface area contributed by atoms with Gasteiger partial charge in [-0.1, -0.05) is 12.7 Å². The van der Waals surface area contributed by atoms with Crippen LogP contribution in [0.25, 0.3) is 6.08 Å². The SMILES string of the molecule is C=Cc1cc(F)cc(C)c1C1=NC(C)(C)CO1. The van der Waals surface area contributed by atoms with Crippen molar-refractivity contribution in [3.63, 3.8) is 0 Å². The minimum atomic E-state index is -0.265. The third-order valence-corrected chi connectivity index (χ3v) is 2.73. The first-order valence-electron chi connectivity index (χ1n) is 5.58. The van der Waals surface area contributed by atoms with E-state index in [1.54, 1.807) is 6.08 Å². The molecular formula is C14H16FNO. The van der Waals surface area contributed by atoms with Crippen LogP contribution < -0.4 is 0 Å². The van der Waals surface area contributed by atoms with Crippen molar-refractivity contribution in [2.24, 2.45) is 4.99 Å². The number of halogens is 1. The summed E-state index contributed by atoms with van der Waals surface area (Å²) < 4.78 is 18.9. The van der Waals surface area contributed by atoms with E-state index in [9.17, 15) is 4.39 Å². The molecule has 90 valence electrons. The minimum absolute atomic E-state index is 0.214. The fourth-order valence-corrected chi connectivity index (χ4v) is 1.93. The summed E-state index contributed by atoms with van der Waals surface area (Å²) in [5, 5.41) is 0. The summed E-state index contributed by atoms with van der Waals surface area (Å²) in [7, 11) is 0. The van der Waals surface area contributed by atoms with E-state index >= 15 is 0 Å². The highest BCUT2D eigenvalue weighted by Crippen LogP contribution is 2.26. The Hall–Kier alpha value is -1.64. The molecule has 17 heavy (non-hydrogen) atoms. The Morgan fingerprint density at radius 2 is 2.18 bits per heavy atom. The standard InChI is InChI=1S/C14H16FNO/c1-5-10-7-11(15)6-9(2)12(10)13-16-14(3,4)8-17-13/h5-7H,1,8H2,2-4H3. The Morgan fingerprint density at radius 1 is 1.47 bits per heavy atom. The van der Waals surface area contributed by atoms with E-state index in [4.69, 9.17) is 4.74 Å². The first-order chi connectivity index (χ1) is 7.93. The van der Waals surface area contributed by atoms with Crippen LogP contribution in [0, 0.1) is 12.7 Å². The highest BCUT2D eigenvalue weighted by molar-refractivity contribution is 6.00. The highest BCUT2D eigenvalue weighted by atomic mass is 19.1. The lowest BCUT2D eigenvalue weighted by Gasteiger charge is -2.09. The van der Waals surface area contributed by atoms with E-state index in [2.05, 4.69) is 11.6 Å². The Balaban J connectivity index is 2.56. The molecule has 0 saturated carbocycles. The second-order valence-electron chi connectivity index (χ2n) is 4.91. The second kappa shape index (κ2) is 3.99. The lowest BCUT2D eigenvalue weighted by Crippen LogP contribution is -2.17. The molecule has 2 nitrogen and oxygen atoms in total. The van der Waals surface area contributed by atoms with Crippen LogP contribution in [-0.2, 0) is 4.74 Å². The van der Waals surface area contributed by atoms with Gasteiger partial charge < -0.3 is 4.74 Å². The molecule has 0 atom stereocenters. The Labute approximate surface area is 101 Å². The third-order valence-electron chi connectivity index (χ3n) is 2.73. The maximum Gasteiger partial charge on any atom is 0.217 e. The summed E-state index contributed by atoms with van der Waals surface area (Å²) >= 11 is 0. The van der Waals surface area contributed by atoms with Crippen molar-refractivity contribution in [1.29, 1.82) is 0 Å². The molecule has 0 aromatic heterocycles. The number of benzene rings is 1. The van der Waals surface area contributed by atoms with Crippen LogP contribution in [0.15, 0.2) is 23.7 Å². The van der Waals surface area contributed by atoms with Gasteiger partial charge in [-0.15, -0.1) is 0 Å². The zero-order chi connectivity index (χ0) is 12.6. The van der Waals surface area contributed by atoms with Crippen molar-refractivity contribution in [3.8, 4) is 0 Å². The summed E-state index contributed by atoms with van der Waals surface area (Å²) in [6, 6.07) is 2.94. The van der Waals surface area contributed by atoms with Crippen molar-refractivity contribution >= 4 is 12.0 Å². The maximum absolute atomic E-state index is 13.3. The van der Waals surface area contributed by atoms with Gasteiger partial charge in [-0.2, -0.15) is 0 Å². The van der Waals surface area contributed by atoms with Crippen LogP contribution in [-0.4, -0.2) is 18.0 Å². The smallest absolute Gasteiger partial charge is 0.217 e. The first-order valence-corrected chi connectivity index (χ1v) is 5.58. The minimum Gasteiger partial charge on any atom is -0.475 e. The van der Waals surface area contributed by atoms with Crippen LogP contribution in [0.3, 0.4) is 0 Å². The normalized spacial score (nSPS) is 17.5. The predicted molar refractivity (Wildman–Crippen MR) is 67.8 cm³/mol. The quantitative estimate of drug-likeness (QED) is 0.767. The highest BCUT2D eigenvalue weighted by Gasteiger charge is 2.28. The fraction of sp³-hybridized carbons (Fsp3) is 0.357. The van der Waals surface area contributed by atoms with E-state index in [0.717, 1.165) is 16.7 Å². The molecule has 3 heteroatoms. The second-order valence-corrected chi connectivity index (χ2v) is 4.91. The van der Waals surface area contributed by atoms with Crippen molar-refractivity contribution in [2.75, 3.05) is 6.61 Å². The van der Waals surface area contributed by atoms with Gasteiger partial charge in [0.05, 0.1) is 5.54 Å². The zero-order valence-electron chi connectivity index (χ0n) is 10.4. The van der Waals surface area contributed by atoms with Gasteiger partial charge >= 0.3 is 0 Å². The molecule has 0 unspecified atom stereocenters. The predicted octanol–water partition coefficient (Wildman–Crippen LogP) is 3.33. The Bertz CT molecular complexity index is 503. The largest absolute Gasteiger partial charge is 0.475 e. The van der Waals surface area contributed by atoms with Gasteiger partial charge in [-0.05, 0) is 44.0 Å². The van der Waals surface area contributed by atoms with Crippen LogP contribution in [0.1, 0.15) is 30.5 Å². The average Bonchev–Trinajstić information content (AvgIpc) is 2.57. The topological polar surface area (TPSA) is 21.6 Å². The molecular weight excluding hydrogens is 217 g/mol. The molecule has 1 aliphatic rings. The number of ether oxygens (including phenoxy) is 1. The van der Waals surface area contributed by atoms with Gasteiger partial charge in [0, 0.05) is 5.56 Å². The molecule has 0 fully saturated rings. The molecule has 1 aromatic rings. The number of hydrogen-bond acceptors (Lipinski definition) is 2. The first kappa shape index (κ1) is 11.8. The molecule has 0 N–H and O–H groups in total. The van der Waals surface area contributed by atoms with E-state index < -0.39 is 0 Å². The van der Waals surface area contributed by atoms with Crippen LogP contribution >= 0.6 is 0 Å². The Morgan fingerprint density at radius 3 is 2.71 bits per heavy atom. The summed E-state index contributed by atoms with van der Waals surface area (Å²) in [5.41, 5.74) is 2.16. The Kier molecular flexibility index (Phi) is 2.77. The number of rotatable bonds is 2. The molecule has 2 rings (SSSR count). The molecule has 1 aliphatic heterocycles. The summed E-state index contributed by atoms with van der Waals surface area (Å²) in [6.45, 7) is 10.1. The molecule has 0 spiro atoms. The van der Waals surface area contributed by atoms with E-state index in [-0.39, 0.29) is 11.4 Å². The van der Waals surface area contributed by atoms with Gasteiger partial charge in [0.15, 0.2) is 0 Å². The van der Waals surface area contributed by atoms with Gasteiger partial charge in [-0.3, -0.25) is 0 Å². The summed E-state index contributed by atoms with van der Waals surface area (Å²) in [4.78, 5) is 4.51. The van der Waals surface area contributed by atoms with Gasteiger partial charge in [0.25, 0.3) is 0 Å². The molecule has 1 aromatic carbocycles. The van der Waals surface area contributed by atoms with Crippen LogP contribution in [0.2, 0.25) is 0 Å². The van der Waals surface area contributed by atoms with Crippen molar-refractivity contribution < 1.29 is 9.13 Å². The van der Waals surface area contributed by atoms with Crippen LogP contribution in [0.4, 0.5) is 4.39 Å². The lowest BCUT2D eigenvalue weighted by atomic mass is 10.0. The summed E-state index contributed by atoms with van der Waals surface area (Å²) in [5.74, 6) is 0.321. The van der Waals surface area contributed by atoms with Crippen molar-refractivity contribution in [3.05, 3.63) is 41.2 Å². The molecule has 0 radical (unpaired) electrons. The van der Waals surface area contributed by atoms with Crippen LogP contribution in [0.5, 0.6) is 0 Å². The average molecular weight is 233 g/mol. The maximum atomic E-state index is 13.3. The molecule has 0 bridgehead atoms. The van der Waals surface area contributed by atoms with Gasteiger partial charge in [0.1, 0.15) is 12.4 Å². The molecule has 1 heterocycles. The van der Waals surface area contributed by atoms with Crippen molar-refractivity contribution in [2.45, 2.75) is 26.3 Å². The lowest BCUT2D eigenvalue weighted by molar-refractivity contribution is 0.279. The number of aliphatic imine (C=N–C) groups is 1. The molecule has 0 amide bonds. The van der Waals surface area contributed by atoms with Crippen molar-refractivity contribution in [1.82, 2.24) is 0 Å². The van der Waals surface area contributed by atoms with E-state index in [0.29, 0.717) is 12.5 Å². The number of nitrogens with zero attached hydrogens (tertiary/aromatic N) is 1. The monoisotopic (exact) mass is 233 g/mol. The number of hydrogen-bond donors (Lipinski definition) is 0. The van der Waals surface area contributed by atoms with Gasteiger partial charge in [-0.25, -0.2) is 9.38 Å². The zero-order valence-corrected chi connectivity index (χ0v) is 10.4. The van der Waals surface area contributed by atoms with E-state index in [1.165, 1.54) is 12.1 Å². The van der Waals surface area contributed by atoms with E-state index in [1.807, 2.05) is 20.8 Å². The fourth-order valence-electron chi connectivity index (χ4n) is 1.93. The summed E-state index contributed by atoms with van der Waals surface area (Å²) in [6.07, 6.45) is 1.63.